The molecule has 0 saturated heterocycles. The number of carbonyl (C=O) groups is 2. The Balaban J connectivity index is 1.62. The third-order valence-corrected chi connectivity index (χ3v) is 4.99. The molecule has 2 amide bonds. The molecule has 0 spiro atoms. The molecule has 0 aliphatic heterocycles. The highest BCUT2D eigenvalue weighted by molar-refractivity contribution is 7.14. The molecule has 25 heavy (non-hydrogen) atoms. The zero-order valence-corrected chi connectivity index (χ0v) is 15.3. The van der Waals surface area contributed by atoms with Crippen molar-refractivity contribution in [1.29, 1.82) is 0 Å². The normalized spacial score (nSPS) is 10.3. The number of carbonyl (C=O) groups excluding carboxylic acids is 2. The number of hydrogen-bond acceptors (Lipinski definition) is 6. The predicted molar refractivity (Wildman–Crippen MR) is 101 cm³/mol. The molecule has 3 rings (SSSR count). The predicted octanol–water partition coefficient (Wildman–Crippen LogP) is 3.01. The number of amides is 2. The lowest BCUT2D eigenvalue weighted by Gasteiger charge is -2.13. The minimum atomic E-state index is -0.449. The van der Waals surface area contributed by atoms with Gasteiger partial charge in [0.25, 0.3) is 11.8 Å². The Morgan fingerprint density at radius 2 is 1.88 bits per heavy atom. The SMILES string of the molecule is CN(C)c1cccc(C(=O)NNC(=O)c2csc(-c3ccsc3)n2)c1. The number of anilines is 1. The first-order chi connectivity index (χ1) is 12.0. The van der Waals surface area contributed by atoms with Crippen molar-refractivity contribution in [2.24, 2.45) is 0 Å². The molecule has 0 fully saturated rings. The molecule has 0 atom stereocenters. The molecule has 8 heteroatoms. The number of hydrazine groups is 1. The van der Waals surface area contributed by atoms with E-state index in [1.807, 2.05) is 41.9 Å². The largest absolute Gasteiger partial charge is 0.378 e. The number of rotatable bonds is 4. The van der Waals surface area contributed by atoms with Gasteiger partial charge in [0.1, 0.15) is 10.7 Å². The van der Waals surface area contributed by atoms with Crippen molar-refractivity contribution in [3.63, 3.8) is 0 Å². The van der Waals surface area contributed by atoms with Crippen LogP contribution >= 0.6 is 22.7 Å². The van der Waals surface area contributed by atoms with Crippen molar-refractivity contribution in [2.45, 2.75) is 0 Å². The van der Waals surface area contributed by atoms with Crippen LogP contribution in [0.5, 0.6) is 0 Å². The number of thiophene rings is 1. The summed E-state index contributed by atoms with van der Waals surface area (Å²) < 4.78 is 0. The van der Waals surface area contributed by atoms with Crippen LogP contribution in [0.1, 0.15) is 20.8 Å². The zero-order valence-electron chi connectivity index (χ0n) is 13.6. The first-order valence-corrected chi connectivity index (χ1v) is 9.23. The van der Waals surface area contributed by atoms with Crippen molar-refractivity contribution < 1.29 is 9.59 Å². The summed E-state index contributed by atoms with van der Waals surface area (Å²) >= 11 is 2.96. The van der Waals surface area contributed by atoms with Crippen molar-refractivity contribution in [2.75, 3.05) is 19.0 Å². The summed E-state index contributed by atoms with van der Waals surface area (Å²) in [6.45, 7) is 0. The maximum atomic E-state index is 12.2. The van der Waals surface area contributed by atoms with Crippen LogP contribution in [0.4, 0.5) is 5.69 Å². The molecule has 6 nitrogen and oxygen atoms in total. The summed E-state index contributed by atoms with van der Waals surface area (Å²) in [5.41, 5.74) is 7.44. The van der Waals surface area contributed by atoms with Gasteiger partial charge >= 0.3 is 0 Å². The third kappa shape index (κ3) is 4.04. The van der Waals surface area contributed by atoms with Crippen LogP contribution in [0.2, 0.25) is 0 Å². The molecule has 2 aromatic heterocycles. The second-order valence-electron chi connectivity index (χ2n) is 5.40. The lowest BCUT2D eigenvalue weighted by Crippen LogP contribution is -2.41. The standard InChI is InChI=1S/C17H16N4O2S2/c1-21(2)13-5-3-4-11(8-13)15(22)19-20-16(23)14-10-25-17(18-14)12-6-7-24-9-12/h3-10H,1-2H3,(H,19,22)(H,20,23). The minimum Gasteiger partial charge on any atom is -0.378 e. The summed E-state index contributed by atoms with van der Waals surface area (Å²) in [6.07, 6.45) is 0. The van der Waals surface area contributed by atoms with Crippen molar-refractivity contribution >= 4 is 40.2 Å². The van der Waals surface area contributed by atoms with E-state index < -0.39 is 5.91 Å². The second kappa shape index (κ2) is 7.45. The van der Waals surface area contributed by atoms with Gasteiger partial charge in [0.05, 0.1) is 0 Å². The Hall–Kier alpha value is -2.71. The number of aromatic nitrogens is 1. The summed E-state index contributed by atoms with van der Waals surface area (Å²) in [6, 6.07) is 9.08. The highest BCUT2D eigenvalue weighted by Gasteiger charge is 2.14. The first kappa shape index (κ1) is 17.1. The van der Waals surface area contributed by atoms with E-state index in [1.165, 1.54) is 11.3 Å². The highest BCUT2D eigenvalue weighted by atomic mass is 32.1. The Bertz CT molecular complexity index is 888. The molecule has 2 N–H and O–H groups in total. The quantitative estimate of drug-likeness (QED) is 0.691. The summed E-state index contributed by atoms with van der Waals surface area (Å²) in [4.78, 5) is 30.5. The van der Waals surface area contributed by atoms with Gasteiger partial charge in [0.15, 0.2) is 0 Å². The summed E-state index contributed by atoms with van der Waals surface area (Å²) in [5, 5.41) is 6.37. The fourth-order valence-corrected chi connectivity index (χ4v) is 3.58. The number of nitrogens with one attached hydrogen (secondary N) is 2. The summed E-state index contributed by atoms with van der Waals surface area (Å²) in [5.74, 6) is -0.833. The number of thiazole rings is 1. The van der Waals surface area contributed by atoms with Gasteiger partial charge in [-0.15, -0.1) is 11.3 Å². The molecule has 0 aliphatic rings. The Labute approximate surface area is 153 Å². The van der Waals surface area contributed by atoms with Crippen LogP contribution in [-0.4, -0.2) is 30.9 Å². The molecule has 128 valence electrons. The Morgan fingerprint density at radius 3 is 2.60 bits per heavy atom. The van der Waals surface area contributed by atoms with Crippen LogP contribution in [0.25, 0.3) is 10.6 Å². The van der Waals surface area contributed by atoms with E-state index in [-0.39, 0.29) is 11.6 Å². The van der Waals surface area contributed by atoms with Gasteiger partial charge in [0, 0.05) is 41.7 Å². The topological polar surface area (TPSA) is 74.3 Å². The lowest BCUT2D eigenvalue weighted by molar-refractivity contribution is 0.0844. The average Bonchev–Trinajstić information content (AvgIpc) is 3.30. The van der Waals surface area contributed by atoms with Gasteiger partial charge in [-0.3, -0.25) is 20.4 Å². The van der Waals surface area contributed by atoms with Crippen LogP contribution in [0, 0.1) is 0 Å². The van der Waals surface area contributed by atoms with Crippen molar-refractivity contribution in [3.8, 4) is 10.6 Å². The van der Waals surface area contributed by atoms with Crippen LogP contribution < -0.4 is 15.8 Å². The molecular weight excluding hydrogens is 356 g/mol. The van der Waals surface area contributed by atoms with Crippen LogP contribution in [0.15, 0.2) is 46.5 Å². The number of nitrogens with zero attached hydrogens (tertiary/aromatic N) is 2. The van der Waals surface area contributed by atoms with Crippen LogP contribution in [0.3, 0.4) is 0 Å². The fraction of sp³-hybridized carbons (Fsp3) is 0.118. The molecule has 0 saturated carbocycles. The third-order valence-electron chi connectivity index (χ3n) is 3.42. The molecule has 0 bridgehead atoms. The average molecular weight is 372 g/mol. The molecule has 1 aromatic carbocycles. The van der Waals surface area contributed by atoms with Crippen molar-refractivity contribution in [3.05, 3.63) is 57.7 Å². The van der Waals surface area contributed by atoms with E-state index in [2.05, 4.69) is 15.8 Å². The van der Waals surface area contributed by atoms with Crippen molar-refractivity contribution in [1.82, 2.24) is 15.8 Å². The van der Waals surface area contributed by atoms with E-state index in [0.717, 1.165) is 16.3 Å². The molecular formula is C17H16N4O2S2. The molecule has 0 aliphatic carbocycles. The smallest absolute Gasteiger partial charge is 0.289 e. The van der Waals surface area contributed by atoms with Gasteiger partial charge in [-0.25, -0.2) is 4.98 Å². The van der Waals surface area contributed by atoms with E-state index in [4.69, 9.17) is 0 Å². The van der Waals surface area contributed by atoms with E-state index in [0.29, 0.717) is 5.56 Å². The molecule has 0 radical (unpaired) electrons. The molecule has 2 heterocycles. The Morgan fingerprint density at radius 1 is 1.08 bits per heavy atom. The monoisotopic (exact) mass is 372 g/mol. The van der Waals surface area contributed by atoms with Gasteiger partial charge < -0.3 is 4.90 Å². The maximum absolute atomic E-state index is 12.2. The maximum Gasteiger partial charge on any atom is 0.289 e. The fourth-order valence-electron chi connectivity index (χ4n) is 2.07. The van der Waals surface area contributed by atoms with E-state index >= 15 is 0 Å². The van der Waals surface area contributed by atoms with E-state index in [9.17, 15) is 9.59 Å². The van der Waals surface area contributed by atoms with E-state index in [1.54, 1.807) is 34.9 Å². The summed E-state index contributed by atoms with van der Waals surface area (Å²) in [7, 11) is 3.79. The number of benzene rings is 1. The second-order valence-corrected chi connectivity index (χ2v) is 7.04. The zero-order chi connectivity index (χ0) is 17.8. The molecule has 3 aromatic rings. The molecule has 0 unspecified atom stereocenters. The number of hydrogen-bond donors (Lipinski definition) is 2. The highest BCUT2D eigenvalue weighted by Crippen LogP contribution is 2.25. The van der Waals surface area contributed by atoms with Gasteiger partial charge in [-0.05, 0) is 29.6 Å². The van der Waals surface area contributed by atoms with Gasteiger partial charge in [-0.2, -0.15) is 11.3 Å². The first-order valence-electron chi connectivity index (χ1n) is 7.41. The minimum absolute atomic E-state index is 0.272. The van der Waals surface area contributed by atoms with Gasteiger partial charge in [0.2, 0.25) is 0 Å². The lowest BCUT2D eigenvalue weighted by atomic mass is 10.2. The Kier molecular flexibility index (Phi) is 5.11. The van der Waals surface area contributed by atoms with Gasteiger partial charge in [-0.1, -0.05) is 6.07 Å². The van der Waals surface area contributed by atoms with Crippen LogP contribution in [-0.2, 0) is 0 Å².